The molecular weight excluding hydrogens is 146 g/mol. The molecule has 0 saturated heterocycles. The van der Waals surface area contributed by atoms with Gasteiger partial charge in [0.05, 0.1) is 0 Å². The van der Waals surface area contributed by atoms with E-state index >= 15 is 0 Å². The predicted molar refractivity (Wildman–Crippen MR) is 54.3 cm³/mol. The molecule has 0 bridgehead atoms. The molecule has 1 heteroatoms. The van der Waals surface area contributed by atoms with E-state index in [-0.39, 0.29) is 0 Å². The van der Waals surface area contributed by atoms with E-state index in [1.165, 1.54) is 32.2 Å². The molecule has 0 spiro atoms. The van der Waals surface area contributed by atoms with Crippen LogP contribution in [0.3, 0.4) is 0 Å². The molecule has 1 N–H and O–H groups in total. The van der Waals surface area contributed by atoms with Crippen molar-refractivity contribution in [1.29, 1.82) is 0 Å². The standard InChI is InChI=1S/C11H23N/c1-4-11(9(2)3)12-8-10-6-5-7-10/h9-12H,4-8H2,1-3H3. The summed E-state index contributed by atoms with van der Waals surface area (Å²) in [7, 11) is 0. The summed E-state index contributed by atoms with van der Waals surface area (Å²) in [6, 6.07) is 0.741. The quantitative estimate of drug-likeness (QED) is 0.667. The van der Waals surface area contributed by atoms with Crippen LogP contribution in [0.15, 0.2) is 0 Å². The van der Waals surface area contributed by atoms with Crippen molar-refractivity contribution in [1.82, 2.24) is 5.32 Å². The van der Waals surface area contributed by atoms with Gasteiger partial charge in [0.25, 0.3) is 0 Å². The number of rotatable bonds is 5. The zero-order chi connectivity index (χ0) is 8.97. The molecule has 1 nitrogen and oxygen atoms in total. The van der Waals surface area contributed by atoms with E-state index in [4.69, 9.17) is 0 Å². The molecule has 1 aliphatic rings. The highest BCUT2D eigenvalue weighted by molar-refractivity contribution is 4.75. The van der Waals surface area contributed by atoms with Gasteiger partial charge in [-0.2, -0.15) is 0 Å². The van der Waals surface area contributed by atoms with Gasteiger partial charge >= 0.3 is 0 Å². The normalized spacial score (nSPS) is 21.0. The van der Waals surface area contributed by atoms with E-state index in [2.05, 4.69) is 26.1 Å². The van der Waals surface area contributed by atoms with Gasteiger partial charge in [-0.3, -0.25) is 0 Å². The maximum atomic E-state index is 3.67. The highest BCUT2D eigenvalue weighted by Gasteiger charge is 2.19. The SMILES string of the molecule is CCC(NCC1CCC1)C(C)C. The lowest BCUT2D eigenvalue weighted by Crippen LogP contribution is -2.38. The Hall–Kier alpha value is -0.0400. The summed E-state index contributed by atoms with van der Waals surface area (Å²) in [6.45, 7) is 8.15. The van der Waals surface area contributed by atoms with E-state index in [1.807, 2.05) is 0 Å². The lowest BCUT2D eigenvalue weighted by molar-refractivity contribution is 0.270. The third-order valence-corrected chi connectivity index (χ3v) is 3.14. The van der Waals surface area contributed by atoms with Gasteiger partial charge in [0.15, 0.2) is 0 Å². The van der Waals surface area contributed by atoms with Gasteiger partial charge in [0.1, 0.15) is 0 Å². The summed E-state index contributed by atoms with van der Waals surface area (Å²) in [5.74, 6) is 1.79. The molecule has 0 aromatic carbocycles. The van der Waals surface area contributed by atoms with Crippen molar-refractivity contribution in [2.24, 2.45) is 11.8 Å². The summed E-state index contributed by atoms with van der Waals surface area (Å²) in [4.78, 5) is 0. The first-order valence-corrected chi connectivity index (χ1v) is 5.47. The lowest BCUT2D eigenvalue weighted by atomic mass is 9.85. The molecule has 72 valence electrons. The van der Waals surface area contributed by atoms with Crippen molar-refractivity contribution < 1.29 is 0 Å². The molecule has 1 rings (SSSR count). The van der Waals surface area contributed by atoms with Crippen LogP contribution in [0.5, 0.6) is 0 Å². The van der Waals surface area contributed by atoms with Gasteiger partial charge in [-0.05, 0) is 37.6 Å². The fourth-order valence-corrected chi connectivity index (χ4v) is 1.87. The lowest BCUT2D eigenvalue weighted by Gasteiger charge is -2.29. The van der Waals surface area contributed by atoms with Crippen LogP contribution in [0.1, 0.15) is 46.5 Å². The molecule has 1 fully saturated rings. The molecular formula is C11H23N. The molecule has 1 atom stereocenters. The Morgan fingerprint density at radius 1 is 1.33 bits per heavy atom. The van der Waals surface area contributed by atoms with Gasteiger partial charge in [0.2, 0.25) is 0 Å². The summed E-state index contributed by atoms with van der Waals surface area (Å²) >= 11 is 0. The maximum absolute atomic E-state index is 3.67. The second-order valence-electron chi connectivity index (χ2n) is 4.46. The summed E-state index contributed by atoms with van der Waals surface area (Å²) < 4.78 is 0. The van der Waals surface area contributed by atoms with Gasteiger partial charge in [0, 0.05) is 6.04 Å². The maximum Gasteiger partial charge on any atom is 0.00875 e. The van der Waals surface area contributed by atoms with Gasteiger partial charge < -0.3 is 5.32 Å². The average molecular weight is 169 g/mol. The first-order valence-electron chi connectivity index (χ1n) is 5.47. The molecule has 12 heavy (non-hydrogen) atoms. The van der Waals surface area contributed by atoms with Crippen LogP contribution in [0, 0.1) is 11.8 Å². The highest BCUT2D eigenvalue weighted by atomic mass is 14.9. The molecule has 1 unspecified atom stereocenters. The van der Waals surface area contributed by atoms with Crippen LogP contribution in [-0.2, 0) is 0 Å². The third kappa shape index (κ3) is 2.78. The Balaban J connectivity index is 2.09. The van der Waals surface area contributed by atoms with E-state index in [1.54, 1.807) is 0 Å². The molecule has 0 aromatic rings. The topological polar surface area (TPSA) is 12.0 Å². The van der Waals surface area contributed by atoms with Crippen molar-refractivity contribution in [3.8, 4) is 0 Å². The second kappa shape index (κ2) is 4.86. The molecule has 0 amide bonds. The van der Waals surface area contributed by atoms with E-state index in [9.17, 15) is 0 Å². The van der Waals surface area contributed by atoms with Crippen molar-refractivity contribution in [3.05, 3.63) is 0 Å². The largest absolute Gasteiger partial charge is 0.313 e. The average Bonchev–Trinajstić information content (AvgIpc) is 1.93. The van der Waals surface area contributed by atoms with Crippen molar-refractivity contribution in [2.45, 2.75) is 52.5 Å². The van der Waals surface area contributed by atoms with E-state index in [0.29, 0.717) is 0 Å². The smallest absolute Gasteiger partial charge is 0.00875 e. The van der Waals surface area contributed by atoms with Crippen LogP contribution in [0.4, 0.5) is 0 Å². The predicted octanol–water partition coefficient (Wildman–Crippen LogP) is 2.81. The monoisotopic (exact) mass is 169 g/mol. The van der Waals surface area contributed by atoms with Crippen LogP contribution in [0.2, 0.25) is 0 Å². The first kappa shape index (κ1) is 10.0. The number of hydrogen-bond donors (Lipinski definition) is 1. The van der Waals surface area contributed by atoms with E-state index < -0.39 is 0 Å². The highest BCUT2D eigenvalue weighted by Crippen LogP contribution is 2.25. The van der Waals surface area contributed by atoms with Crippen molar-refractivity contribution in [2.75, 3.05) is 6.54 Å². The fourth-order valence-electron chi connectivity index (χ4n) is 1.87. The minimum absolute atomic E-state index is 0.741. The van der Waals surface area contributed by atoms with Gasteiger partial charge in [-0.1, -0.05) is 27.2 Å². The third-order valence-electron chi connectivity index (χ3n) is 3.14. The molecule has 0 aliphatic heterocycles. The molecule has 1 aliphatic carbocycles. The van der Waals surface area contributed by atoms with Crippen molar-refractivity contribution in [3.63, 3.8) is 0 Å². The number of hydrogen-bond acceptors (Lipinski definition) is 1. The number of nitrogens with one attached hydrogen (secondary N) is 1. The van der Waals surface area contributed by atoms with Crippen LogP contribution in [-0.4, -0.2) is 12.6 Å². The zero-order valence-corrected chi connectivity index (χ0v) is 8.77. The van der Waals surface area contributed by atoms with Crippen LogP contribution >= 0.6 is 0 Å². The summed E-state index contributed by atoms with van der Waals surface area (Å²) in [6.07, 6.45) is 5.65. The summed E-state index contributed by atoms with van der Waals surface area (Å²) in [5.41, 5.74) is 0. The summed E-state index contributed by atoms with van der Waals surface area (Å²) in [5, 5.41) is 3.67. The Bertz CT molecular complexity index is 116. The Morgan fingerprint density at radius 2 is 2.00 bits per heavy atom. The fraction of sp³-hybridized carbons (Fsp3) is 1.00. The zero-order valence-electron chi connectivity index (χ0n) is 8.77. The van der Waals surface area contributed by atoms with Gasteiger partial charge in [-0.25, -0.2) is 0 Å². The molecule has 0 aromatic heterocycles. The van der Waals surface area contributed by atoms with E-state index in [0.717, 1.165) is 17.9 Å². The second-order valence-corrected chi connectivity index (χ2v) is 4.46. The Morgan fingerprint density at radius 3 is 2.33 bits per heavy atom. The van der Waals surface area contributed by atoms with Gasteiger partial charge in [-0.15, -0.1) is 0 Å². The molecule has 0 radical (unpaired) electrons. The molecule has 0 heterocycles. The first-order chi connectivity index (χ1) is 5.74. The molecule has 1 saturated carbocycles. The van der Waals surface area contributed by atoms with Crippen LogP contribution < -0.4 is 5.32 Å². The van der Waals surface area contributed by atoms with Crippen molar-refractivity contribution >= 4 is 0 Å². The minimum atomic E-state index is 0.741. The van der Waals surface area contributed by atoms with Crippen LogP contribution in [0.25, 0.3) is 0 Å². The minimum Gasteiger partial charge on any atom is -0.313 e. The Kier molecular flexibility index (Phi) is 4.07. The Labute approximate surface area is 76.9 Å².